The molecule has 1 atom stereocenters. The predicted octanol–water partition coefficient (Wildman–Crippen LogP) is 2.96. The van der Waals surface area contributed by atoms with Crippen LogP contribution in [0.5, 0.6) is 0 Å². The maximum Gasteiger partial charge on any atom is 0.306 e. The fourth-order valence-electron chi connectivity index (χ4n) is 2.74. The molecule has 150 valence electrons. The number of carbonyl (C=O) groups excluding carboxylic acids is 2. The minimum Gasteiger partial charge on any atom is -0.453 e. The zero-order valence-corrected chi connectivity index (χ0v) is 15.8. The summed E-state index contributed by atoms with van der Waals surface area (Å²) < 4.78 is 18.0. The summed E-state index contributed by atoms with van der Waals surface area (Å²) in [5.74, 6) is -0.964. The molecule has 1 aromatic heterocycles. The van der Waals surface area contributed by atoms with E-state index in [4.69, 9.17) is 4.74 Å². The molecule has 2 aromatic carbocycles. The van der Waals surface area contributed by atoms with E-state index in [2.05, 4.69) is 15.3 Å². The number of para-hydroxylation sites is 1. The highest BCUT2D eigenvalue weighted by Crippen LogP contribution is 2.11. The van der Waals surface area contributed by atoms with E-state index in [1.54, 1.807) is 24.3 Å². The van der Waals surface area contributed by atoms with Gasteiger partial charge in [-0.3, -0.25) is 14.4 Å². The van der Waals surface area contributed by atoms with Crippen molar-refractivity contribution in [2.75, 3.05) is 5.32 Å². The van der Waals surface area contributed by atoms with E-state index in [1.807, 2.05) is 0 Å². The van der Waals surface area contributed by atoms with Gasteiger partial charge in [-0.25, -0.2) is 9.37 Å². The lowest BCUT2D eigenvalue weighted by Crippen LogP contribution is -2.30. The lowest BCUT2D eigenvalue weighted by Gasteiger charge is -2.13. The van der Waals surface area contributed by atoms with Crippen molar-refractivity contribution < 1.29 is 18.7 Å². The van der Waals surface area contributed by atoms with E-state index in [1.165, 1.54) is 31.2 Å². The first kappa shape index (κ1) is 20.2. The van der Waals surface area contributed by atoms with Crippen LogP contribution in [-0.2, 0) is 20.7 Å². The second kappa shape index (κ2) is 9.09. The Bertz CT molecular complexity index is 1080. The smallest absolute Gasteiger partial charge is 0.306 e. The molecule has 0 aliphatic rings. The number of esters is 1. The van der Waals surface area contributed by atoms with Gasteiger partial charge < -0.3 is 15.0 Å². The van der Waals surface area contributed by atoms with Gasteiger partial charge in [-0.2, -0.15) is 0 Å². The number of halogens is 1. The van der Waals surface area contributed by atoms with Crippen LogP contribution >= 0.6 is 0 Å². The van der Waals surface area contributed by atoms with Crippen molar-refractivity contribution >= 4 is 28.5 Å². The Kier molecular flexibility index (Phi) is 6.33. The number of amides is 1. The van der Waals surface area contributed by atoms with Gasteiger partial charge in [0.2, 0.25) is 0 Å². The summed E-state index contributed by atoms with van der Waals surface area (Å²) in [5.41, 5.74) is 0.782. The number of fused-ring (bicyclic) bond motifs is 1. The van der Waals surface area contributed by atoms with Crippen LogP contribution in [0.15, 0.2) is 53.3 Å². The number of hydrogen-bond donors (Lipinski definition) is 2. The highest BCUT2D eigenvalue weighted by atomic mass is 19.1. The number of nitrogens with zero attached hydrogens (tertiary/aromatic N) is 1. The average molecular weight is 397 g/mol. The summed E-state index contributed by atoms with van der Waals surface area (Å²) in [7, 11) is 0. The number of aryl methyl sites for hydroxylation is 1. The van der Waals surface area contributed by atoms with Crippen LogP contribution in [0.2, 0.25) is 0 Å². The normalized spacial score (nSPS) is 11.8. The molecule has 0 aliphatic carbocycles. The molecule has 8 heteroatoms. The molecule has 0 saturated carbocycles. The van der Waals surface area contributed by atoms with Crippen LogP contribution in [-0.4, -0.2) is 27.9 Å². The van der Waals surface area contributed by atoms with Crippen LogP contribution in [0.3, 0.4) is 0 Å². The summed E-state index contributed by atoms with van der Waals surface area (Å²) >= 11 is 0. The Hall–Kier alpha value is -3.55. The van der Waals surface area contributed by atoms with Crippen molar-refractivity contribution in [2.24, 2.45) is 0 Å². The van der Waals surface area contributed by atoms with E-state index < -0.39 is 23.8 Å². The monoisotopic (exact) mass is 397 g/mol. The Balaban J connectivity index is 1.47. The molecule has 1 heterocycles. The Morgan fingerprint density at radius 2 is 1.90 bits per heavy atom. The van der Waals surface area contributed by atoms with Crippen LogP contribution < -0.4 is 10.9 Å². The first-order valence-electron chi connectivity index (χ1n) is 9.16. The third kappa shape index (κ3) is 5.47. The average Bonchev–Trinajstić information content (AvgIpc) is 2.69. The number of benzene rings is 2. The van der Waals surface area contributed by atoms with Gasteiger partial charge >= 0.3 is 5.97 Å². The zero-order valence-electron chi connectivity index (χ0n) is 15.8. The third-order valence-electron chi connectivity index (χ3n) is 4.25. The van der Waals surface area contributed by atoms with Crippen molar-refractivity contribution in [1.29, 1.82) is 0 Å². The molecule has 2 N–H and O–H groups in total. The van der Waals surface area contributed by atoms with Gasteiger partial charge in [0.15, 0.2) is 6.10 Å². The van der Waals surface area contributed by atoms with Crippen LogP contribution in [0.25, 0.3) is 10.9 Å². The molecule has 0 spiro atoms. The van der Waals surface area contributed by atoms with E-state index in [0.29, 0.717) is 35.3 Å². The summed E-state index contributed by atoms with van der Waals surface area (Å²) in [4.78, 5) is 43.2. The summed E-state index contributed by atoms with van der Waals surface area (Å²) in [6.07, 6.45) is -0.117. The minimum absolute atomic E-state index is 0.0741. The molecule has 0 radical (unpaired) electrons. The van der Waals surface area contributed by atoms with Gasteiger partial charge in [-0.1, -0.05) is 12.1 Å². The molecule has 3 aromatic rings. The molecular weight excluding hydrogens is 377 g/mol. The molecule has 0 aliphatic heterocycles. The molecule has 29 heavy (non-hydrogen) atoms. The topological polar surface area (TPSA) is 101 Å². The lowest BCUT2D eigenvalue weighted by molar-refractivity contribution is -0.153. The van der Waals surface area contributed by atoms with Crippen molar-refractivity contribution in [2.45, 2.75) is 32.3 Å². The summed E-state index contributed by atoms with van der Waals surface area (Å²) in [6.45, 7) is 1.46. The van der Waals surface area contributed by atoms with Gasteiger partial charge in [0.05, 0.1) is 10.9 Å². The lowest BCUT2D eigenvalue weighted by atomic mass is 10.2. The zero-order chi connectivity index (χ0) is 20.8. The second-order valence-electron chi connectivity index (χ2n) is 6.51. The maximum absolute atomic E-state index is 12.9. The Morgan fingerprint density at radius 1 is 1.17 bits per heavy atom. The maximum atomic E-state index is 12.9. The fraction of sp³-hybridized carbons (Fsp3) is 0.238. The van der Waals surface area contributed by atoms with Crippen molar-refractivity contribution in [1.82, 2.24) is 9.97 Å². The third-order valence-corrected chi connectivity index (χ3v) is 4.25. The number of carbonyl (C=O) groups is 2. The number of nitrogens with one attached hydrogen (secondary N) is 2. The number of ether oxygens (including phenoxy) is 1. The van der Waals surface area contributed by atoms with Crippen LogP contribution in [0.1, 0.15) is 25.6 Å². The standard InChI is InChI=1S/C21H20FN3O4/c1-13(20(27)23-15-11-9-14(22)10-12-15)29-19(26)8-4-7-18-24-17-6-3-2-5-16(17)21(28)25-18/h2-3,5-6,9-13H,4,7-8H2,1H3,(H,23,27)(H,24,25,28)/t13-/m0/s1. The van der Waals surface area contributed by atoms with Gasteiger partial charge in [0.1, 0.15) is 11.6 Å². The van der Waals surface area contributed by atoms with Crippen molar-refractivity contribution in [3.8, 4) is 0 Å². The number of rotatable bonds is 7. The second-order valence-corrected chi connectivity index (χ2v) is 6.51. The largest absolute Gasteiger partial charge is 0.453 e. The molecule has 3 rings (SSSR count). The van der Waals surface area contributed by atoms with Gasteiger partial charge in [0, 0.05) is 18.5 Å². The minimum atomic E-state index is -0.994. The van der Waals surface area contributed by atoms with Crippen LogP contribution in [0, 0.1) is 5.82 Å². The summed E-state index contributed by atoms with van der Waals surface area (Å²) in [6, 6.07) is 12.3. The molecule has 0 unspecified atom stereocenters. The first-order chi connectivity index (χ1) is 13.9. The summed E-state index contributed by atoms with van der Waals surface area (Å²) in [5, 5.41) is 3.06. The van der Waals surface area contributed by atoms with Crippen molar-refractivity contribution in [3.63, 3.8) is 0 Å². The Labute approximate surface area is 165 Å². The van der Waals surface area contributed by atoms with Gasteiger partial charge in [-0.15, -0.1) is 0 Å². The predicted molar refractivity (Wildman–Crippen MR) is 106 cm³/mol. The molecule has 7 nitrogen and oxygen atoms in total. The number of H-pyrrole nitrogens is 1. The highest BCUT2D eigenvalue weighted by Gasteiger charge is 2.18. The van der Waals surface area contributed by atoms with Gasteiger partial charge in [0.25, 0.3) is 11.5 Å². The fourth-order valence-corrected chi connectivity index (χ4v) is 2.74. The number of aromatic amines is 1. The van der Waals surface area contributed by atoms with Gasteiger partial charge in [-0.05, 0) is 49.7 Å². The number of anilines is 1. The molecule has 1 amide bonds. The Morgan fingerprint density at radius 3 is 2.66 bits per heavy atom. The van der Waals surface area contributed by atoms with E-state index in [0.717, 1.165) is 0 Å². The van der Waals surface area contributed by atoms with Crippen LogP contribution in [0.4, 0.5) is 10.1 Å². The van der Waals surface area contributed by atoms with E-state index >= 15 is 0 Å². The van der Waals surface area contributed by atoms with E-state index in [-0.39, 0.29) is 12.0 Å². The quantitative estimate of drug-likeness (QED) is 0.597. The molecule has 0 saturated heterocycles. The number of aromatic nitrogens is 2. The SMILES string of the molecule is C[C@H](OC(=O)CCCc1nc2ccccc2c(=O)[nH]1)C(=O)Nc1ccc(F)cc1. The molecular formula is C21H20FN3O4. The van der Waals surface area contributed by atoms with Crippen molar-refractivity contribution in [3.05, 3.63) is 70.5 Å². The van der Waals surface area contributed by atoms with E-state index in [9.17, 15) is 18.8 Å². The molecule has 0 bridgehead atoms. The number of hydrogen-bond acceptors (Lipinski definition) is 5. The first-order valence-corrected chi connectivity index (χ1v) is 9.16. The molecule has 0 fully saturated rings. The highest BCUT2D eigenvalue weighted by molar-refractivity contribution is 5.95.